The minimum Gasteiger partial charge on any atom is -0.347 e. The van der Waals surface area contributed by atoms with Gasteiger partial charge in [-0.3, -0.25) is 9.80 Å². The number of hydrogen-bond acceptors (Lipinski definition) is 3. The molecule has 3 nitrogen and oxygen atoms in total. The molecule has 0 fully saturated rings. The number of ether oxygens (including phenoxy) is 1. The van der Waals surface area contributed by atoms with Crippen molar-refractivity contribution in [2.75, 3.05) is 20.2 Å². The lowest BCUT2D eigenvalue weighted by Crippen LogP contribution is -2.48. The Labute approximate surface area is 214 Å². The van der Waals surface area contributed by atoms with Crippen molar-refractivity contribution in [3.8, 4) is 0 Å². The maximum atomic E-state index is 16.5. The van der Waals surface area contributed by atoms with E-state index in [0.717, 1.165) is 22.3 Å². The van der Waals surface area contributed by atoms with E-state index in [1.54, 1.807) is 0 Å². The van der Waals surface area contributed by atoms with Crippen LogP contribution in [0, 0.1) is 0 Å². The maximum absolute atomic E-state index is 16.5. The summed E-state index contributed by atoms with van der Waals surface area (Å²) in [6.07, 6.45) is 0. The largest absolute Gasteiger partial charge is 0.347 e. The molecule has 0 unspecified atom stereocenters. The minimum absolute atomic E-state index is 0.160. The van der Waals surface area contributed by atoms with Gasteiger partial charge in [-0.05, 0) is 22.3 Å². The highest BCUT2D eigenvalue weighted by Gasteiger charge is 2.34. The Morgan fingerprint density at radius 2 is 0.750 bits per heavy atom. The third kappa shape index (κ3) is 8.13. The van der Waals surface area contributed by atoms with Gasteiger partial charge in [0.05, 0.1) is 13.1 Å². The summed E-state index contributed by atoms with van der Waals surface area (Å²) in [5.74, 6) is -1.84. The number of halogens is 1. The van der Waals surface area contributed by atoms with Crippen molar-refractivity contribution >= 4 is 0 Å². The van der Waals surface area contributed by atoms with Crippen LogP contribution in [-0.4, -0.2) is 35.9 Å². The summed E-state index contributed by atoms with van der Waals surface area (Å²) in [6, 6.07) is 40.9. The molecule has 0 radical (unpaired) electrons. The van der Waals surface area contributed by atoms with Crippen LogP contribution in [-0.2, 0) is 30.9 Å². The number of nitrogens with zero attached hydrogens (tertiary/aromatic N) is 2. The molecule has 0 amide bonds. The molecule has 0 aliphatic carbocycles. The van der Waals surface area contributed by atoms with Gasteiger partial charge in [0.15, 0.2) is 0 Å². The summed E-state index contributed by atoms with van der Waals surface area (Å²) >= 11 is 0. The predicted molar refractivity (Wildman–Crippen MR) is 145 cm³/mol. The van der Waals surface area contributed by atoms with Crippen LogP contribution in [0.5, 0.6) is 0 Å². The van der Waals surface area contributed by atoms with Crippen LogP contribution in [0.3, 0.4) is 0 Å². The monoisotopic (exact) mass is 482 g/mol. The molecule has 4 aromatic rings. The van der Waals surface area contributed by atoms with Crippen molar-refractivity contribution in [3.63, 3.8) is 0 Å². The zero-order valence-corrected chi connectivity index (χ0v) is 21.0. The highest BCUT2D eigenvalue weighted by atomic mass is 19.2. The van der Waals surface area contributed by atoms with Gasteiger partial charge in [-0.25, -0.2) is 4.39 Å². The molecular weight excluding hydrogens is 447 g/mol. The van der Waals surface area contributed by atoms with E-state index in [4.69, 9.17) is 4.74 Å². The Balaban J connectivity index is 1.54. The second-order valence-corrected chi connectivity index (χ2v) is 9.32. The van der Waals surface area contributed by atoms with Crippen LogP contribution >= 0.6 is 0 Å². The molecule has 0 bridgehead atoms. The van der Waals surface area contributed by atoms with Crippen molar-refractivity contribution in [1.82, 2.24) is 9.80 Å². The average molecular weight is 483 g/mol. The van der Waals surface area contributed by atoms with E-state index >= 15 is 4.39 Å². The van der Waals surface area contributed by atoms with Crippen molar-refractivity contribution in [2.24, 2.45) is 0 Å². The summed E-state index contributed by atoms with van der Waals surface area (Å²) in [5.41, 5.74) is 4.60. The van der Waals surface area contributed by atoms with E-state index in [0.29, 0.717) is 26.2 Å². The number of rotatable bonds is 13. The lowest BCUT2D eigenvalue weighted by Gasteiger charge is -2.35. The molecule has 0 aliphatic rings. The smallest absolute Gasteiger partial charge is 0.234 e. The fourth-order valence-corrected chi connectivity index (χ4v) is 4.55. The predicted octanol–water partition coefficient (Wildman–Crippen LogP) is 6.70. The van der Waals surface area contributed by atoms with Crippen molar-refractivity contribution in [1.29, 1.82) is 0 Å². The normalized spacial score (nSPS) is 11.8. The Morgan fingerprint density at radius 1 is 0.500 bits per heavy atom. The average Bonchev–Trinajstić information content (AvgIpc) is 2.91. The first-order chi connectivity index (χ1) is 17.6. The van der Waals surface area contributed by atoms with Gasteiger partial charge in [0, 0.05) is 33.3 Å². The highest BCUT2D eigenvalue weighted by molar-refractivity contribution is 5.19. The standard InChI is InChI=1S/C32H35FN2O/c1-36-32(33,26-34(22-28-14-6-2-7-15-28)23-29-16-8-3-9-17-29)27-35(24-30-18-10-4-11-19-30)25-31-20-12-5-13-21-31/h2-21H,22-27H2,1H3. The minimum atomic E-state index is -1.84. The maximum Gasteiger partial charge on any atom is 0.234 e. The molecule has 0 N–H and O–H groups in total. The molecule has 0 saturated heterocycles. The van der Waals surface area contributed by atoms with Gasteiger partial charge < -0.3 is 4.74 Å². The van der Waals surface area contributed by atoms with E-state index in [2.05, 4.69) is 58.3 Å². The fraction of sp³-hybridized carbons (Fsp3) is 0.250. The van der Waals surface area contributed by atoms with E-state index in [9.17, 15) is 0 Å². The zero-order valence-electron chi connectivity index (χ0n) is 21.0. The van der Waals surface area contributed by atoms with Crippen LogP contribution in [0.2, 0.25) is 0 Å². The number of alkyl halides is 1. The van der Waals surface area contributed by atoms with Crippen molar-refractivity contribution in [2.45, 2.75) is 32.0 Å². The van der Waals surface area contributed by atoms with E-state index in [-0.39, 0.29) is 13.1 Å². The summed E-state index contributed by atoms with van der Waals surface area (Å²) in [4.78, 5) is 4.27. The molecule has 186 valence electrons. The van der Waals surface area contributed by atoms with Gasteiger partial charge in [0.2, 0.25) is 5.85 Å². The molecule has 0 aromatic heterocycles. The van der Waals surface area contributed by atoms with Gasteiger partial charge in [-0.2, -0.15) is 0 Å². The lowest BCUT2D eigenvalue weighted by molar-refractivity contribution is -0.155. The Kier molecular flexibility index (Phi) is 9.40. The third-order valence-corrected chi connectivity index (χ3v) is 6.28. The number of benzene rings is 4. The number of hydrogen-bond donors (Lipinski definition) is 0. The van der Waals surface area contributed by atoms with E-state index in [1.807, 2.05) is 72.8 Å². The van der Waals surface area contributed by atoms with Gasteiger partial charge in [-0.1, -0.05) is 121 Å². The molecule has 4 rings (SSSR count). The molecule has 0 spiro atoms. The second kappa shape index (κ2) is 13.1. The molecule has 0 heterocycles. The Morgan fingerprint density at radius 3 is 0.972 bits per heavy atom. The number of methoxy groups -OCH3 is 1. The second-order valence-electron chi connectivity index (χ2n) is 9.32. The molecule has 0 aliphatic heterocycles. The SMILES string of the molecule is COC(F)(CN(Cc1ccccc1)Cc1ccccc1)CN(Cc1ccccc1)Cc1ccccc1. The van der Waals surface area contributed by atoms with Crippen LogP contribution in [0.1, 0.15) is 22.3 Å². The summed E-state index contributed by atoms with van der Waals surface area (Å²) < 4.78 is 22.1. The van der Waals surface area contributed by atoms with E-state index in [1.165, 1.54) is 7.11 Å². The van der Waals surface area contributed by atoms with Crippen LogP contribution < -0.4 is 0 Å². The van der Waals surface area contributed by atoms with Crippen LogP contribution in [0.4, 0.5) is 4.39 Å². The summed E-state index contributed by atoms with van der Waals surface area (Å²) in [5, 5.41) is 0. The molecule has 4 aromatic carbocycles. The van der Waals surface area contributed by atoms with Gasteiger partial charge in [-0.15, -0.1) is 0 Å². The van der Waals surface area contributed by atoms with Gasteiger partial charge >= 0.3 is 0 Å². The first-order valence-corrected chi connectivity index (χ1v) is 12.5. The van der Waals surface area contributed by atoms with Gasteiger partial charge in [0.25, 0.3) is 0 Å². The van der Waals surface area contributed by atoms with Crippen molar-refractivity contribution < 1.29 is 9.13 Å². The molecular formula is C32H35FN2O. The fourth-order valence-electron chi connectivity index (χ4n) is 4.55. The van der Waals surface area contributed by atoms with Crippen LogP contribution in [0.15, 0.2) is 121 Å². The Bertz CT molecular complexity index is 968. The topological polar surface area (TPSA) is 15.7 Å². The van der Waals surface area contributed by atoms with Gasteiger partial charge in [0.1, 0.15) is 0 Å². The highest BCUT2D eigenvalue weighted by Crippen LogP contribution is 2.23. The zero-order chi connectivity index (χ0) is 25.1. The molecule has 4 heteroatoms. The first kappa shape index (κ1) is 25.8. The molecule has 0 saturated carbocycles. The molecule has 0 atom stereocenters. The quantitative estimate of drug-likeness (QED) is 0.211. The lowest BCUT2D eigenvalue weighted by atomic mass is 10.1. The Hall–Kier alpha value is -3.31. The first-order valence-electron chi connectivity index (χ1n) is 12.5. The summed E-state index contributed by atoms with van der Waals surface area (Å²) in [6.45, 7) is 2.88. The summed E-state index contributed by atoms with van der Waals surface area (Å²) in [7, 11) is 1.48. The van der Waals surface area contributed by atoms with E-state index < -0.39 is 5.85 Å². The third-order valence-electron chi connectivity index (χ3n) is 6.28. The van der Waals surface area contributed by atoms with Crippen LogP contribution in [0.25, 0.3) is 0 Å². The van der Waals surface area contributed by atoms with Crippen molar-refractivity contribution in [3.05, 3.63) is 144 Å². The molecule has 36 heavy (non-hydrogen) atoms.